The van der Waals surface area contributed by atoms with Crippen LogP contribution in [0, 0.1) is 0 Å². The van der Waals surface area contributed by atoms with Gasteiger partial charge in [-0.05, 0) is 19.1 Å². The van der Waals surface area contributed by atoms with Gasteiger partial charge in [0.1, 0.15) is 0 Å². The van der Waals surface area contributed by atoms with Crippen LogP contribution in [0.1, 0.15) is 13.3 Å². The maximum absolute atomic E-state index is 12.0. The van der Waals surface area contributed by atoms with Crippen molar-refractivity contribution >= 4 is 17.6 Å². The van der Waals surface area contributed by atoms with Crippen LogP contribution < -0.4 is 10.6 Å². The van der Waals surface area contributed by atoms with Gasteiger partial charge >= 0.3 is 6.03 Å². The van der Waals surface area contributed by atoms with E-state index in [4.69, 9.17) is 0 Å². The Morgan fingerprint density at radius 2 is 2.13 bits per heavy atom. The number of aromatic nitrogens is 4. The molecule has 2 aromatic heterocycles. The molecule has 0 aromatic carbocycles. The lowest BCUT2D eigenvalue weighted by Crippen LogP contribution is -2.39. The third-order valence-corrected chi connectivity index (χ3v) is 3.56. The maximum Gasteiger partial charge on any atom is 0.319 e. The van der Waals surface area contributed by atoms with Crippen molar-refractivity contribution in [3.8, 4) is 5.82 Å². The van der Waals surface area contributed by atoms with E-state index in [1.807, 2.05) is 6.92 Å². The molecular weight excluding hydrogens is 298 g/mol. The van der Waals surface area contributed by atoms with E-state index < -0.39 is 0 Å². The van der Waals surface area contributed by atoms with E-state index in [-0.39, 0.29) is 18.0 Å². The quantitative estimate of drug-likeness (QED) is 0.850. The number of nitrogens with one attached hydrogen (secondary N) is 2. The molecule has 0 radical (unpaired) electrons. The van der Waals surface area contributed by atoms with Crippen LogP contribution in [0.25, 0.3) is 5.82 Å². The summed E-state index contributed by atoms with van der Waals surface area (Å²) in [4.78, 5) is 30.9. The molecule has 9 nitrogen and oxygen atoms in total. The van der Waals surface area contributed by atoms with Crippen LogP contribution in [0.4, 0.5) is 10.5 Å². The van der Waals surface area contributed by atoms with Gasteiger partial charge in [-0.2, -0.15) is 10.2 Å². The number of hydrogen-bond acceptors (Lipinski definition) is 5. The molecular formula is C14H17N7O2. The van der Waals surface area contributed by atoms with Gasteiger partial charge in [0, 0.05) is 19.5 Å². The minimum absolute atomic E-state index is 0.0653. The largest absolute Gasteiger partial charge is 0.341 e. The molecule has 1 saturated heterocycles. The normalized spacial score (nSPS) is 17.3. The molecule has 0 aliphatic carbocycles. The van der Waals surface area contributed by atoms with Crippen LogP contribution in [-0.4, -0.2) is 55.9 Å². The standard InChI is InChI=1S/C14H17N7O2/c1-2-20-9-11(7-13(20)22)19-14(23)18-10-3-4-12(15-8-10)21-16-5-6-17-21/h3-6,8,11H,2,7,9H2,1H3,(H2,18,19,23). The summed E-state index contributed by atoms with van der Waals surface area (Å²) in [6, 6.07) is 2.90. The van der Waals surface area contributed by atoms with Crippen molar-refractivity contribution < 1.29 is 9.59 Å². The Labute approximate surface area is 132 Å². The Morgan fingerprint density at radius 1 is 1.35 bits per heavy atom. The number of amides is 3. The fourth-order valence-corrected chi connectivity index (χ4v) is 2.44. The van der Waals surface area contributed by atoms with Gasteiger partial charge in [-0.15, -0.1) is 4.80 Å². The number of pyridine rings is 1. The number of anilines is 1. The molecule has 1 aliphatic heterocycles. The zero-order valence-corrected chi connectivity index (χ0v) is 12.6. The van der Waals surface area contributed by atoms with Crippen LogP contribution in [0.3, 0.4) is 0 Å². The molecule has 9 heteroatoms. The maximum atomic E-state index is 12.0. The molecule has 1 unspecified atom stereocenters. The van der Waals surface area contributed by atoms with Gasteiger partial charge in [0.15, 0.2) is 5.82 Å². The number of rotatable bonds is 4. The molecule has 0 bridgehead atoms. The lowest BCUT2D eigenvalue weighted by Gasteiger charge is -2.15. The van der Waals surface area contributed by atoms with Crippen molar-refractivity contribution in [3.63, 3.8) is 0 Å². The van der Waals surface area contributed by atoms with Gasteiger partial charge in [-0.3, -0.25) is 4.79 Å². The van der Waals surface area contributed by atoms with E-state index in [9.17, 15) is 9.59 Å². The number of nitrogens with zero attached hydrogens (tertiary/aromatic N) is 5. The summed E-state index contributed by atoms with van der Waals surface area (Å²) in [6.07, 6.45) is 4.98. The Bertz CT molecular complexity index is 684. The van der Waals surface area contributed by atoms with Crippen molar-refractivity contribution in [1.82, 2.24) is 30.2 Å². The Balaban J connectivity index is 1.55. The molecule has 1 atom stereocenters. The first kappa shape index (κ1) is 14.9. The fraction of sp³-hybridized carbons (Fsp3) is 0.357. The minimum atomic E-state index is -0.354. The van der Waals surface area contributed by atoms with Crippen LogP contribution in [-0.2, 0) is 4.79 Å². The zero-order chi connectivity index (χ0) is 16.2. The summed E-state index contributed by atoms with van der Waals surface area (Å²) in [5.74, 6) is 0.622. The molecule has 1 aliphatic rings. The molecule has 23 heavy (non-hydrogen) atoms. The van der Waals surface area contributed by atoms with Gasteiger partial charge < -0.3 is 15.5 Å². The SMILES string of the molecule is CCN1CC(NC(=O)Nc2ccc(-n3nccn3)nc2)CC1=O. The summed E-state index contributed by atoms with van der Waals surface area (Å²) in [5.41, 5.74) is 0.551. The van der Waals surface area contributed by atoms with Gasteiger partial charge in [0.05, 0.1) is 30.3 Å². The third-order valence-electron chi connectivity index (χ3n) is 3.56. The summed E-state index contributed by atoms with van der Waals surface area (Å²) >= 11 is 0. The molecule has 0 saturated carbocycles. The lowest BCUT2D eigenvalue weighted by atomic mass is 10.2. The van der Waals surface area contributed by atoms with E-state index >= 15 is 0 Å². The number of likely N-dealkylation sites (tertiary alicyclic amines) is 1. The van der Waals surface area contributed by atoms with Crippen LogP contribution in [0.5, 0.6) is 0 Å². The highest BCUT2D eigenvalue weighted by atomic mass is 16.2. The fourth-order valence-electron chi connectivity index (χ4n) is 2.44. The van der Waals surface area contributed by atoms with Crippen LogP contribution in [0.2, 0.25) is 0 Å². The first-order valence-electron chi connectivity index (χ1n) is 7.33. The summed E-state index contributed by atoms with van der Waals surface area (Å²) in [6.45, 7) is 3.12. The summed E-state index contributed by atoms with van der Waals surface area (Å²) in [5, 5.41) is 13.4. The van der Waals surface area contributed by atoms with Gasteiger partial charge in [0.2, 0.25) is 5.91 Å². The average molecular weight is 315 g/mol. The lowest BCUT2D eigenvalue weighted by molar-refractivity contribution is -0.127. The third kappa shape index (κ3) is 3.44. The van der Waals surface area contributed by atoms with E-state index in [2.05, 4.69) is 25.8 Å². The van der Waals surface area contributed by atoms with Gasteiger partial charge in [-0.25, -0.2) is 9.78 Å². The van der Waals surface area contributed by atoms with Gasteiger partial charge in [-0.1, -0.05) is 0 Å². The number of hydrogen-bond donors (Lipinski definition) is 2. The van der Waals surface area contributed by atoms with E-state index in [1.54, 1.807) is 29.4 Å². The first-order valence-corrected chi connectivity index (χ1v) is 7.33. The van der Waals surface area contributed by atoms with Crippen molar-refractivity contribution in [1.29, 1.82) is 0 Å². The minimum Gasteiger partial charge on any atom is -0.341 e. The molecule has 3 rings (SSSR count). The Kier molecular flexibility index (Phi) is 4.18. The topological polar surface area (TPSA) is 105 Å². The summed E-state index contributed by atoms with van der Waals surface area (Å²) < 4.78 is 0. The highest BCUT2D eigenvalue weighted by molar-refractivity contribution is 5.90. The molecule has 3 heterocycles. The Morgan fingerprint density at radius 3 is 2.74 bits per heavy atom. The van der Waals surface area contributed by atoms with Crippen molar-refractivity contribution in [2.24, 2.45) is 0 Å². The van der Waals surface area contributed by atoms with E-state index in [0.717, 1.165) is 0 Å². The summed E-state index contributed by atoms with van der Waals surface area (Å²) in [7, 11) is 0. The number of likely N-dealkylation sites (N-methyl/N-ethyl adjacent to an activating group) is 1. The number of carbonyl (C=O) groups excluding carboxylic acids is 2. The first-order chi connectivity index (χ1) is 11.2. The van der Waals surface area contributed by atoms with Crippen molar-refractivity contribution in [3.05, 3.63) is 30.7 Å². The average Bonchev–Trinajstić information content (AvgIpc) is 3.17. The smallest absolute Gasteiger partial charge is 0.319 e. The van der Waals surface area contributed by atoms with Crippen molar-refractivity contribution in [2.45, 2.75) is 19.4 Å². The molecule has 2 aromatic rings. The second-order valence-corrected chi connectivity index (χ2v) is 5.16. The van der Waals surface area contributed by atoms with E-state index in [0.29, 0.717) is 31.0 Å². The van der Waals surface area contributed by atoms with Crippen LogP contribution in [0.15, 0.2) is 30.7 Å². The molecule has 120 valence electrons. The molecule has 1 fully saturated rings. The van der Waals surface area contributed by atoms with Crippen molar-refractivity contribution in [2.75, 3.05) is 18.4 Å². The number of urea groups is 1. The number of carbonyl (C=O) groups is 2. The van der Waals surface area contributed by atoms with Gasteiger partial charge in [0.25, 0.3) is 0 Å². The zero-order valence-electron chi connectivity index (χ0n) is 12.6. The second kappa shape index (κ2) is 6.42. The monoisotopic (exact) mass is 315 g/mol. The highest BCUT2D eigenvalue weighted by Crippen LogP contribution is 2.11. The van der Waals surface area contributed by atoms with Crippen LogP contribution >= 0.6 is 0 Å². The molecule has 0 spiro atoms. The predicted molar refractivity (Wildman–Crippen MR) is 82.0 cm³/mol. The second-order valence-electron chi connectivity index (χ2n) is 5.16. The highest BCUT2D eigenvalue weighted by Gasteiger charge is 2.29. The van der Waals surface area contributed by atoms with E-state index in [1.165, 1.54) is 11.0 Å². The predicted octanol–water partition coefficient (Wildman–Crippen LogP) is 0.405. The molecule has 3 amide bonds. The Hall–Kier alpha value is -2.97. The molecule has 2 N–H and O–H groups in total.